The van der Waals surface area contributed by atoms with Crippen LogP contribution in [0.25, 0.3) is 0 Å². The Bertz CT molecular complexity index is 1300. The minimum absolute atomic E-state index is 0.0113. The van der Waals surface area contributed by atoms with Gasteiger partial charge in [0.1, 0.15) is 17.2 Å². The summed E-state index contributed by atoms with van der Waals surface area (Å²) in [5.74, 6) is -2.54. The standard InChI is InChI=1S/C23H19F3N2O5/c1-13-4-6-17(22(30)28-15-8-9-27-18(11-15)14(2)29)20(10-13)32-19-7-5-16(12-21(19)31-3)33-23(24,25)26/h4-12H,1-3H3,(H,27,28,30)/i3D3. The van der Waals surface area contributed by atoms with Crippen LogP contribution in [0.3, 0.4) is 0 Å². The van der Waals surface area contributed by atoms with Crippen LogP contribution in [-0.4, -0.2) is 30.1 Å². The molecule has 0 fully saturated rings. The van der Waals surface area contributed by atoms with Crippen molar-refractivity contribution in [2.75, 3.05) is 12.4 Å². The van der Waals surface area contributed by atoms with Gasteiger partial charge in [0.05, 0.1) is 16.7 Å². The van der Waals surface area contributed by atoms with Crippen molar-refractivity contribution in [2.45, 2.75) is 20.2 Å². The van der Waals surface area contributed by atoms with Crippen molar-refractivity contribution in [3.8, 4) is 23.0 Å². The number of hydrogen-bond donors (Lipinski definition) is 1. The van der Waals surface area contributed by atoms with Gasteiger partial charge in [0.25, 0.3) is 5.91 Å². The number of benzene rings is 2. The maximum atomic E-state index is 13.0. The van der Waals surface area contributed by atoms with Gasteiger partial charge in [-0.1, -0.05) is 6.07 Å². The second kappa shape index (κ2) is 9.60. The third-order valence-electron chi connectivity index (χ3n) is 4.24. The van der Waals surface area contributed by atoms with Gasteiger partial charge in [-0.25, -0.2) is 0 Å². The van der Waals surface area contributed by atoms with Gasteiger partial charge in [0.15, 0.2) is 17.3 Å². The number of rotatable bonds is 7. The number of pyridine rings is 1. The van der Waals surface area contributed by atoms with Gasteiger partial charge in [-0.05, 0) is 48.9 Å². The summed E-state index contributed by atoms with van der Waals surface area (Å²) in [6, 6.07) is 10.0. The number of Topliss-reactive ketones (excluding diaryl/α,β-unsaturated/α-hetero) is 1. The van der Waals surface area contributed by atoms with E-state index in [0.29, 0.717) is 11.6 Å². The quantitative estimate of drug-likeness (QED) is 0.463. The summed E-state index contributed by atoms with van der Waals surface area (Å²) in [4.78, 5) is 28.4. The normalized spacial score (nSPS) is 12.7. The number of aromatic nitrogens is 1. The van der Waals surface area contributed by atoms with Crippen LogP contribution in [0, 0.1) is 6.92 Å². The number of carbonyl (C=O) groups is 2. The van der Waals surface area contributed by atoms with Crippen LogP contribution in [0.1, 0.15) is 37.4 Å². The molecule has 0 saturated heterocycles. The molecule has 0 radical (unpaired) electrons. The highest BCUT2D eigenvalue weighted by molar-refractivity contribution is 6.06. The Balaban J connectivity index is 1.96. The van der Waals surface area contributed by atoms with Crippen molar-refractivity contribution in [3.63, 3.8) is 0 Å². The molecule has 3 aromatic rings. The van der Waals surface area contributed by atoms with E-state index in [4.69, 9.17) is 13.6 Å². The Morgan fingerprint density at radius 3 is 2.52 bits per heavy atom. The van der Waals surface area contributed by atoms with E-state index in [2.05, 4.69) is 15.0 Å². The molecule has 0 aliphatic rings. The van der Waals surface area contributed by atoms with Gasteiger partial charge in [-0.2, -0.15) is 0 Å². The number of alkyl halides is 3. The predicted octanol–water partition coefficient (Wildman–Crippen LogP) is 5.54. The molecule has 1 aromatic heterocycles. The Kier molecular flexibility index (Phi) is 5.70. The van der Waals surface area contributed by atoms with E-state index in [1.54, 1.807) is 13.0 Å². The van der Waals surface area contributed by atoms with Crippen LogP contribution in [-0.2, 0) is 0 Å². The molecule has 10 heteroatoms. The zero-order valence-electron chi connectivity index (χ0n) is 20.3. The SMILES string of the molecule is [2H]C([2H])([2H])Oc1cc(OC(F)(F)F)ccc1Oc1cc(C)ccc1C(=O)Nc1ccnc(C(C)=O)c1. The van der Waals surface area contributed by atoms with Crippen molar-refractivity contribution >= 4 is 17.4 Å². The van der Waals surface area contributed by atoms with Crippen LogP contribution < -0.4 is 19.5 Å². The van der Waals surface area contributed by atoms with Crippen molar-refractivity contribution in [1.82, 2.24) is 4.98 Å². The van der Waals surface area contributed by atoms with Crippen LogP contribution in [0.4, 0.5) is 18.9 Å². The molecule has 1 heterocycles. The maximum Gasteiger partial charge on any atom is 0.573 e. The maximum absolute atomic E-state index is 13.0. The molecular weight excluding hydrogens is 441 g/mol. The van der Waals surface area contributed by atoms with Crippen molar-refractivity contribution in [3.05, 3.63) is 71.5 Å². The minimum atomic E-state index is -5.02. The summed E-state index contributed by atoms with van der Waals surface area (Å²) in [6.07, 6.45) is -3.67. The number of anilines is 1. The summed E-state index contributed by atoms with van der Waals surface area (Å²) in [7, 11) is -3.02. The number of nitrogens with one attached hydrogen (secondary N) is 1. The fourth-order valence-corrected chi connectivity index (χ4v) is 2.77. The van der Waals surface area contributed by atoms with E-state index in [0.717, 1.165) is 12.1 Å². The third-order valence-corrected chi connectivity index (χ3v) is 4.24. The molecular formula is C23H19F3N2O5. The van der Waals surface area contributed by atoms with E-state index in [1.165, 1.54) is 37.4 Å². The Morgan fingerprint density at radius 1 is 1.03 bits per heavy atom. The van der Waals surface area contributed by atoms with E-state index < -0.39 is 30.8 Å². The Labute approximate surface area is 191 Å². The second-order valence-corrected chi connectivity index (χ2v) is 6.80. The smallest absolute Gasteiger partial charge is 0.493 e. The van der Waals surface area contributed by atoms with Crippen molar-refractivity contribution in [2.24, 2.45) is 0 Å². The van der Waals surface area contributed by atoms with Gasteiger partial charge in [-0.15, -0.1) is 13.2 Å². The summed E-state index contributed by atoms with van der Waals surface area (Å²) < 4.78 is 74.2. The van der Waals surface area contributed by atoms with Gasteiger partial charge in [0, 0.05) is 24.9 Å². The minimum Gasteiger partial charge on any atom is -0.493 e. The fraction of sp³-hybridized carbons (Fsp3) is 0.174. The van der Waals surface area contributed by atoms with Crippen LogP contribution in [0.5, 0.6) is 23.0 Å². The van der Waals surface area contributed by atoms with Crippen molar-refractivity contribution < 1.29 is 41.1 Å². The topological polar surface area (TPSA) is 86.8 Å². The molecule has 0 unspecified atom stereocenters. The number of halogens is 3. The molecule has 3 rings (SSSR count). The highest BCUT2D eigenvalue weighted by Gasteiger charge is 2.31. The Morgan fingerprint density at radius 2 is 1.82 bits per heavy atom. The zero-order valence-corrected chi connectivity index (χ0v) is 17.3. The average Bonchev–Trinajstić information content (AvgIpc) is 2.73. The second-order valence-electron chi connectivity index (χ2n) is 6.80. The number of methoxy groups -OCH3 is 1. The number of ketones is 1. The lowest BCUT2D eigenvalue weighted by Crippen LogP contribution is -2.17. The van der Waals surface area contributed by atoms with Crippen LogP contribution >= 0.6 is 0 Å². The average molecular weight is 463 g/mol. The van der Waals surface area contributed by atoms with E-state index in [1.807, 2.05) is 0 Å². The Hall–Kier alpha value is -4.08. The zero-order chi connectivity index (χ0) is 26.7. The molecule has 2 aromatic carbocycles. The lowest BCUT2D eigenvalue weighted by molar-refractivity contribution is -0.274. The first-order chi connectivity index (χ1) is 16.7. The first-order valence-electron chi connectivity index (χ1n) is 10.9. The van der Waals surface area contributed by atoms with E-state index in [-0.39, 0.29) is 34.2 Å². The molecule has 1 N–H and O–H groups in total. The molecule has 0 aliphatic heterocycles. The molecule has 0 saturated carbocycles. The van der Waals surface area contributed by atoms with Crippen molar-refractivity contribution in [1.29, 1.82) is 0 Å². The molecule has 0 bridgehead atoms. The molecule has 1 amide bonds. The monoisotopic (exact) mass is 463 g/mol. The van der Waals surface area contributed by atoms with Gasteiger partial charge >= 0.3 is 6.36 Å². The summed E-state index contributed by atoms with van der Waals surface area (Å²) in [5, 5.41) is 2.61. The number of aryl methyl sites for hydroxylation is 1. The number of carbonyl (C=O) groups excluding carboxylic acids is 2. The lowest BCUT2D eigenvalue weighted by atomic mass is 10.1. The highest BCUT2D eigenvalue weighted by atomic mass is 19.4. The van der Waals surface area contributed by atoms with E-state index in [9.17, 15) is 22.8 Å². The highest BCUT2D eigenvalue weighted by Crippen LogP contribution is 2.37. The number of nitrogens with zero attached hydrogens (tertiary/aromatic N) is 1. The van der Waals surface area contributed by atoms with Gasteiger partial charge < -0.3 is 19.5 Å². The lowest BCUT2D eigenvalue weighted by Gasteiger charge is -2.16. The van der Waals surface area contributed by atoms with Gasteiger partial charge in [0.2, 0.25) is 0 Å². The van der Waals surface area contributed by atoms with Gasteiger partial charge in [-0.3, -0.25) is 14.6 Å². The summed E-state index contributed by atoms with van der Waals surface area (Å²) >= 11 is 0. The molecule has 0 spiro atoms. The largest absolute Gasteiger partial charge is 0.573 e. The molecule has 172 valence electrons. The number of hydrogen-bond acceptors (Lipinski definition) is 6. The fourth-order valence-electron chi connectivity index (χ4n) is 2.77. The third kappa shape index (κ3) is 6.22. The molecule has 0 atom stereocenters. The first kappa shape index (κ1) is 19.6. The number of ether oxygens (including phenoxy) is 3. The molecule has 7 nitrogen and oxygen atoms in total. The molecule has 33 heavy (non-hydrogen) atoms. The van der Waals surface area contributed by atoms with E-state index >= 15 is 0 Å². The number of amides is 1. The first-order valence-corrected chi connectivity index (χ1v) is 9.36. The summed E-state index contributed by atoms with van der Waals surface area (Å²) in [6.45, 7) is 3.03. The van der Waals surface area contributed by atoms with Crippen LogP contribution in [0.15, 0.2) is 54.7 Å². The van der Waals surface area contributed by atoms with Crippen LogP contribution in [0.2, 0.25) is 0 Å². The molecule has 0 aliphatic carbocycles. The summed E-state index contributed by atoms with van der Waals surface area (Å²) in [5.41, 5.74) is 1.10. The predicted molar refractivity (Wildman–Crippen MR) is 113 cm³/mol.